The molecule has 0 aliphatic carbocycles. The van der Waals surface area contributed by atoms with Gasteiger partial charge in [0.05, 0.1) is 19.3 Å². The summed E-state index contributed by atoms with van der Waals surface area (Å²) in [5.74, 6) is 0.356. The van der Waals surface area contributed by atoms with Crippen LogP contribution in [-0.4, -0.2) is 46.3 Å². The van der Waals surface area contributed by atoms with Gasteiger partial charge in [0, 0.05) is 13.1 Å². The molecule has 1 fully saturated rings. The minimum absolute atomic E-state index is 0.0472. The largest absolute Gasteiger partial charge is 0.378 e. The van der Waals surface area contributed by atoms with Gasteiger partial charge >= 0.3 is 0 Å². The molecule has 1 aliphatic rings. The van der Waals surface area contributed by atoms with Gasteiger partial charge in [-0.3, -0.25) is 4.79 Å². The van der Waals surface area contributed by atoms with Crippen LogP contribution in [-0.2, 0) is 11.3 Å². The Hall–Kier alpha value is -1.27. The fraction of sp³-hybridized carbons (Fsp3) is 0.667. The summed E-state index contributed by atoms with van der Waals surface area (Å²) in [4.78, 5) is 15.9. The zero-order valence-electron chi connectivity index (χ0n) is 8.64. The summed E-state index contributed by atoms with van der Waals surface area (Å²) in [6.45, 7) is 4.35. The van der Waals surface area contributed by atoms with Gasteiger partial charge in [-0.25, -0.2) is 9.67 Å². The van der Waals surface area contributed by atoms with E-state index in [4.69, 9.17) is 4.74 Å². The molecule has 0 radical (unpaired) electrons. The van der Waals surface area contributed by atoms with Gasteiger partial charge in [0.1, 0.15) is 6.33 Å². The molecule has 1 N–H and O–H groups in total. The molecule has 1 unspecified atom stereocenters. The van der Waals surface area contributed by atoms with E-state index >= 15 is 0 Å². The van der Waals surface area contributed by atoms with Crippen LogP contribution in [0, 0.1) is 0 Å². The minimum Gasteiger partial charge on any atom is -0.378 e. The topological polar surface area (TPSA) is 69.0 Å². The standard InChI is InChI=1S/C9H14N4O2/c1-2-13-9(11-6-12-13)8(14)7-5-15-4-3-10-7/h6-7,10H,2-5H2,1H3. The molecule has 1 aromatic heterocycles. The summed E-state index contributed by atoms with van der Waals surface area (Å²) in [6.07, 6.45) is 1.40. The van der Waals surface area contributed by atoms with Gasteiger partial charge in [-0.1, -0.05) is 0 Å². The number of aromatic nitrogens is 3. The van der Waals surface area contributed by atoms with Crippen LogP contribution < -0.4 is 5.32 Å². The molecule has 82 valence electrons. The number of nitrogens with one attached hydrogen (secondary N) is 1. The first-order valence-corrected chi connectivity index (χ1v) is 5.06. The SMILES string of the molecule is CCn1ncnc1C(=O)C1COCCN1. The van der Waals surface area contributed by atoms with Gasteiger partial charge < -0.3 is 10.1 Å². The van der Waals surface area contributed by atoms with E-state index in [1.54, 1.807) is 4.68 Å². The van der Waals surface area contributed by atoms with Crippen LogP contribution in [0.4, 0.5) is 0 Å². The van der Waals surface area contributed by atoms with Crippen LogP contribution in [0.3, 0.4) is 0 Å². The number of carbonyl (C=O) groups is 1. The molecular weight excluding hydrogens is 196 g/mol. The first-order chi connectivity index (χ1) is 7.33. The van der Waals surface area contributed by atoms with E-state index in [0.29, 0.717) is 32.1 Å². The average Bonchev–Trinajstić information content (AvgIpc) is 2.77. The maximum absolute atomic E-state index is 12.0. The summed E-state index contributed by atoms with van der Waals surface area (Å²) in [7, 11) is 0. The molecule has 1 atom stereocenters. The van der Waals surface area contributed by atoms with Crippen molar-refractivity contribution in [1.29, 1.82) is 0 Å². The number of hydrogen-bond acceptors (Lipinski definition) is 5. The van der Waals surface area contributed by atoms with Crippen LogP contribution in [0.15, 0.2) is 6.33 Å². The molecule has 2 rings (SSSR count). The van der Waals surface area contributed by atoms with E-state index in [1.807, 2.05) is 6.92 Å². The zero-order valence-corrected chi connectivity index (χ0v) is 8.64. The van der Waals surface area contributed by atoms with Gasteiger partial charge in [0.25, 0.3) is 0 Å². The first-order valence-electron chi connectivity index (χ1n) is 5.06. The fourth-order valence-electron chi connectivity index (χ4n) is 1.58. The van der Waals surface area contributed by atoms with E-state index in [9.17, 15) is 4.79 Å². The fourth-order valence-corrected chi connectivity index (χ4v) is 1.58. The number of ketones is 1. The quantitative estimate of drug-likeness (QED) is 0.679. The lowest BCUT2D eigenvalue weighted by molar-refractivity contribution is 0.0596. The predicted octanol–water partition coefficient (Wildman–Crippen LogP) is -0.531. The molecule has 1 saturated heterocycles. The Kier molecular flexibility index (Phi) is 3.08. The molecule has 2 heterocycles. The van der Waals surface area contributed by atoms with Gasteiger partial charge in [-0.05, 0) is 6.92 Å². The highest BCUT2D eigenvalue weighted by molar-refractivity contribution is 5.97. The smallest absolute Gasteiger partial charge is 0.218 e. The van der Waals surface area contributed by atoms with E-state index in [1.165, 1.54) is 6.33 Å². The number of aryl methyl sites for hydroxylation is 1. The van der Waals surface area contributed by atoms with Crippen molar-refractivity contribution in [3.63, 3.8) is 0 Å². The Morgan fingerprint density at radius 3 is 3.33 bits per heavy atom. The van der Waals surface area contributed by atoms with Gasteiger partial charge in [-0.15, -0.1) is 0 Å². The molecule has 0 amide bonds. The Morgan fingerprint density at radius 2 is 2.67 bits per heavy atom. The van der Waals surface area contributed by atoms with Crippen LogP contribution in [0.5, 0.6) is 0 Å². The number of rotatable bonds is 3. The normalized spacial score (nSPS) is 21.5. The van der Waals surface area contributed by atoms with E-state index in [-0.39, 0.29) is 11.8 Å². The molecule has 0 bridgehead atoms. The van der Waals surface area contributed by atoms with Crippen molar-refractivity contribution in [3.8, 4) is 0 Å². The van der Waals surface area contributed by atoms with Crippen LogP contribution in [0.25, 0.3) is 0 Å². The molecule has 0 aromatic carbocycles. The van der Waals surface area contributed by atoms with Gasteiger partial charge in [0.2, 0.25) is 5.78 Å². The summed E-state index contributed by atoms with van der Waals surface area (Å²) >= 11 is 0. The lowest BCUT2D eigenvalue weighted by atomic mass is 10.1. The molecule has 0 spiro atoms. The average molecular weight is 210 g/mol. The van der Waals surface area contributed by atoms with Crippen molar-refractivity contribution in [2.24, 2.45) is 0 Å². The molecule has 6 nitrogen and oxygen atoms in total. The van der Waals surface area contributed by atoms with Crippen molar-refractivity contribution < 1.29 is 9.53 Å². The van der Waals surface area contributed by atoms with Crippen molar-refractivity contribution in [1.82, 2.24) is 20.1 Å². The number of hydrogen-bond donors (Lipinski definition) is 1. The van der Waals surface area contributed by atoms with Crippen LogP contribution in [0.2, 0.25) is 0 Å². The third kappa shape index (κ3) is 2.05. The number of ether oxygens (including phenoxy) is 1. The molecule has 6 heteroatoms. The Balaban J connectivity index is 2.12. The van der Waals surface area contributed by atoms with Crippen molar-refractivity contribution >= 4 is 5.78 Å². The lowest BCUT2D eigenvalue weighted by Crippen LogP contribution is -2.47. The van der Waals surface area contributed by atoms with Gasteiger partial charge in [-0.2, -0.15) is 5.10 Å². The van der Waals surface area contributed by atoms with E-state index in [0.717, 1.165) is 0 Å². The Morgan fingerprint density at radius 1 is 1.80 bits per heavy atom. The van der Waals surface area contributed by atoms with Crippen LogP contribution in [0.1, 0.15) is 17.5 Å². The van der Waals surface area contributed by atoms with Crippen molar-refractivity contribution in [2.45, 2.75) is 19.5 Å². The number of carbonyl (C=O) groups excluding carboxylic acids is 1. The van der Waals surface area contributed by atoms with Crippen molar-refractivity contribution in [3.05, 3.63) is 12.2 Å². The van der Waals surface area contributed by atoms with Crippen LogP contribution >= 0.6 is 0 Å². The Labute approximate surface area is 87.6 Å². The minimum atomic E-state index is -0.284. The summed E-state index contributed by atoms with van der Waals surface area (Å²) in [6, 6.07) is -0.284. The maximum atomic E-state index is 12.0. The number of morpholine rings is 1. The van der Waals surface area contributed by atoms with Crippen molar-refractivity contribution in [2.75, 3.05) is 19.8 Å². The molecule has 1 aromatic rings. The Bertz CT molecular complexity index is 344. The van der Waals surface area contributed by atoms with Gasteiger partial charge in [0.15, 0.2) is 5.82 Å². The monoisotopic (exact) mass is 210 g/mol. The molecule has 15 heavy (non-hydrogen) atoms. The lowest BCUT2D eigenvalue weighted by Gasteiger charge is -2.22. The third-order valence-electron chi connectivity index (χ3n) is 2.37. The highest BCUT2D eigenvalue weighted by Crippen LogP contribution is 2.03. The maximum Gasteiger partial charge on any atom is 0.218 e. The molecular formula is C9H14N4O2. The summed E-state index contributed by atoms with van der Waals surface area (Å²) < 4.78 is 6.83. The first kappa shape index (κ1) is 10.3. The van der Waals surface area contributed by atoms with E-state index < -0.39 is 0 Å². The molecule has 1 aliphatic heterocycles. The second-order valence-corrected chi connectivity index (χ2v) is 3.35. The number of Topliss-reactive ketones (excluding diaryl/α,β-unsaturated/α-hetero) is 1. The third-order valence-corrected chi connectivity index (χ3v) is 2.37. The highest BCUT2D eigenvalue weighted by atomic mass is 16.5. The van der Waals surface area contributed by atoms with E-state index in [2.05, 4.69) is 15.4 Å². The predicted molar refractivity (Wildman–Crippen MR) is 52.6 cm³/mol. The summed E-state index contributed by atoms with van der Waals surface area (Å²) in [5.41, 5.74) is 0. The second kappa shape index (κ2) is 4.50. The highest BCUT2D eigenvalue weighted by Gasteiger charge is 2.25. The zero-order chi connectivity index (χ0) is 10.7. The number of nitrogens with zero attached hydrogens (tertiary/aromatic N) is 3. The molecule has 0 saturated carbocycles. The summed E-state index contributed by atoms with van der Waals surface area (Å²) in [5, 5.41) is 7.07. The second-order valence-electron chi connectivity index (χ2n) is 3.35.